The molecule has 3 atom stereocenters. The van der Waals surface area contributed by atoms with E-state index >= 15 is 0 Å². The van der Waals surface area contributed by atoms with E-state index in [1.807, 2.05) is 43.6 Å². The maximum atomic E-state index is 12.9. The molecule has 2 aromatic heterocycles. The molecule has 26 heavy (non-hydrogen) atoms. The number of Topliss-reactive ketones (excluding diaryl/α,β-unsaturated/α-hetero) is 1. The van der Waals surface area contributed by atoms with Gasteiger partial charge in [-0.25, -0.2) is 0 Å². The van der Waals surface area contributed by atoms with Gasteiger partial charge in [0.2, 0.25) is 0 Å². The van der Waals surface area contributed by atoms with Crippen molar-refractivity contribution in [3.8, 4) is 17.5 Å². The van der Waals surface area contributed by atoms with Gasteiger partial charge in [-0.1, -0.05) is 30.3 Å². The van der Waals surface area contributed by atoms with E-state index in [0.717, 1.165) is 17.5 Å². The van der Waals surface area contributed by atoms with Crippen LogP contribution in [-0.4, -0.2) is 30.3 Å². The standard InChI is InChI=1S/C19H18N6O/c1-24-11-13(10-21-24)14-8-15(14)17(26)16(9-20)19-23-22-18(25(19)2)12-6-4-3-5-7-12/h3-7,10-11,14-16H,8H2,1-2H3. The molecule has 130 valence electrons. The number of aromatic nitrogens is 5. The lowest BCUT2D eigenvalue weighted by atomic mass is 9.99. The smallest absolute Gasteiger partial charge is 0.165 e. The average molecular weight is 346 g/mol. The zero-order valence-electron chi connectivity index (χ0n) is 14.6. The summed E-state index contributed by atoms with van der Waals surface area (Å²) in [6, 6.07) is 11.7. The SMILES string of the molecule is Cn1cc(C2CC2C(=O)C(C#N)c2nnc(-c3ccccc3)n2C)cn1. The van der Waals surface area contributed by atoms with E-state index in [2.05, 4.69) is 21.4 Å². The lowest BCUT2D eigenvalue weighted by Crippen LogP contribution is -2.17. The molecular formula is C19H18N6O. The van der Waals surface area contributed by atoms with Crippen LogP contribution in [0.4, 0.5) is 0 Å². The maximum Gasteiger partial charge on any atom is 0.165 e. The van der Waals surface area contributed by atoms with Gasteiger partial charge < -0.3 is 4.57 Å². The molecule has 3 unspecified atom stereocenters. The van der Waals surface area contributed by atoms with Crippen LogP contribution < -0.4 is 0 Å². The number of hydrogen-bond acceptors (Lipinski definition) is 5. The average Bonchev–Trinajstić information content (AvgIpc) is 3.21. The summed E-state index contributed by atoms with van der Waals surface area (Å²) in [5, 5.41) is 22.1. The van der Waals surface area contributed by atoms with Gasteiger partial charge in [-0.3, -0.25) is 9.48 Å². The normalized spacial score (nSPS) is 19.7. The fraction of sp³-hybridized carbons (Fsp3) is 0.316. The molecule has 0 radical (unpaired) electrons. The quantitative estimate of drug-likeness (QED) is 0.706. The second kappa shape index (κ2) is 6.23. The van der Waals surface area contributed by atoms with Crippen LogP contribution in [0.2, 0.25) is 0 Å². The summed E-state index contributed by atoms with van der Waals surface area (Å²) in [7, 11) is 3.65. The molecule has 0 N–H and O–H groups in total. The predicted molar refractivity (Wildman–Crippen MR) is 93.9 cm³/mol. The molecule has 0 amide bonds. The van der Waals surface area contributed by atoms with Crippen molar-refractivity contribution in [2.24, 2.45) is 20.0 Å². The fourth-order valence-corrected chi connectivity index (χ4v) is 3.40. The van der Waals surface area contributed by atoms with Crippen molar-refractivity contribution in [2.45, 2.75) is 18.3 Å². The first kappa shape index (κ1) is 16.2. The molecule has 2 heterocycles. The van der Waals surface area contributed by atoms with E-state index in [0.29, 0.717) is 11.6 Å². The van der Waals surface area contributed by atoms with Gasteiger partial charge in [0.1, 0.15) is 0 Å². The zero-order chi connectivity index (χ0) is 18.3. The molecular weight excluding hydrogens is 328 g/mol. The summed E-state index contributed by atoms with van der Waals surface area (Å²) in [6.07, 6.45) is 4.47. The fourth-order valence-electron chi connectivity index (χ4n) is 3.40. The largest absolute Gasteiger partial charge is 0.313 e. The number of nitrogens with zero attached hydrogens (tertiary/aromatic N) is 6. The van der Waals surface area contributed by atoms with Crippen LogP contribution in [0.3, 0.4) is 0 Å². The first-order valence-corrected chi connectivity index (χ1v) is 8.46. The van der Waals surface area contributed by atoms with Gasteiger partial charge in [0.05, 0.1) is 12.3 Å². The maximum absolute atomic E-state index is 12.9. The van der Waals surface area contributed by atoms with Crippen molar-refractivity contribution in [2.75, 3.05) is 0 Å². The van der Waals surface area contributed by atoms with Crippen molar-refractivity contribution in [1.29, 1.82) is 5.26 Å². The van der Waals surface area contributed by atoms with Crippen molar-refractivity contribution in [3.05, 3.63) is 54.1 Å². The summed E-state index contributed by atoms with van der Waals surface area (Å²) in [5.74, 6) is 0.0455. The predicted octanol–water partition coefficient (Wildman–Crippen LogP) is 2.20. The van der Waals surface area contributed by atoms with Crippen molar-refractivity contribution >= 4 is 5.78 Å². The van der Waals surface area contributed by atoms with E-state index in [9.17, 15) is 10.1 Å². The molecule has 1 aliphatic carbocycles. The Kier molecular flexibility index (Phi) is 3.88. The molecule has 1 aliphatic rings. The van der Waals surface area contributed by atoms with E-state index in [-0.39, 0.29) is 17.6 Å². The van der Waals surface area contributed by atoms with Crippen LogP contribution >= 0.6 is 0 Å². The third-order valence-electron chi connectivity index (χ3n) is 4.92. The van der Waals surface area contributed by atoms with Gasteiger partial charge in [0.15, 0.2) is 23.3 Å². The van der Waals surface area contributed by atoms with E-state index in [1.54, 1.807) is 22.5 Å². The summed E-state index contributed by atoms with van der Waals surface area (Å²) in [4.78, 5) is 12.9. The minimum absolute atomic E-state index is 0.0866. The number of benzene rings is 1. The summed E-state index contributed by atoms with van der Waals surface area (Å²) in [5.41, 5.74) is 1.95. The van der Waals surface area contributed by atoms with Crippen LogP contribution in [0, 0.1) is 17.2 Å². The highest BCUT2D eigenvalue weighted by molar-refractivity contribution is 5.92. The first-order valence-electron chi connectivity index (χ1n) is 8.46. The Bertz CT molecular complexity index is 997. The number of carbonyl (C=O) groups excluding carboxylic acids is 1. The highest BCUT2D eigenvalue weighted by atomic mass is 16.1. The minimum Gasteiger partial charge on any atom is -0.313 e. The van der Waals surface area contributed by atoms with Gasteiger partial charge in [-0.05, 0) is 17.9 Å². The number of rotatable bonds is 5. The summed E-state index contributed by atoms with van der Waals surface area (Å²) in [6.45, 7) is 0. The van der Waals surface area contributed by atoms with Gasteiger partial charge in [-0.15, -0.1) is 10.2 Å². The Balaban J connectivity index is 1.58. The van der Waals surface area contributed by atoms with Gasteiger partial charge >= 0.3 is 0 Å². The lowest BCUT2D eigenvalue weighted by Gasteiger charge is -2.08. The van der Waals surface area contributed by atoms with Gasteiger partial charge in [-0.2, -0.15) is 10.4 Å². The Morgan fingerprint density at radius 1 is 1.27 bits per heavy atom. The van der Waals surface area contributed by atoms with Crippen LogP contribution in [0.15, 0.2) is 42.7 Å². The van der Waals surface area contributed by atoms with Crippen molar-refractivity contribution in [1.82, 2.24) is 24.5 Å². The van der Waals surface area contributed by atoms with E-state index in [1.165, 1.54) is 0 Å². The van der Waals surface area contributed by atoms with Gasteiger partial charge in [0, 0.05) is 31.8 Å². The third-order valence-corrected chi connectivity index (χ3v) is 4.92. The molecule has 0 spiro atoms. The molecule has 1 fully saturated rings. The molecule has 0 aliphatic heterocycles. The van der Waals surface area contributed by atoms with E-state index < -0.39 is 5.92 Å². The topological polar surface area (TPSA) is 89.4 Å². The number of carbonyl (C=O) groups is 1. The van der Waals surface area contributed by atoms with Crippen LogP contribution in [0.5, 0.6) is 0 Å². The minimum atomic E-state index is -0.906. The van der Waals surface area contributed by atoms with Crippen molar-refractivity contribution in [3.63, 3.8) is 0 Å². The number of nitriles is 1. The highest BCUT2D eigenvalue weighted by Gasteiger charge is 2.48. The number of hydrogen-bond donors (Lipinski definition) is 0. The Hall–Kier alpha value is -3.27. The lowest BCUT2D eigenvalue weighted by molar-refractivity contribution is -0.120. The Labute approximate surface area is 150 Å². The van der Waals surface area contributed by atoms with E-state index in [4.69, 9.17) is 0 Å². The molecule has 3 aromatic rings. The first-order chi connectivity index (χ1) is 12.6. The van der Waals surface area contributed by atoms with Crippen molar-refractivity contribution < 1.29 is 4.79 Å². The van der Waals surface area contributed by atoms with Crippen LogP contribution in [0.1, 0.15) is 29.6 Å². The molecule has 4 rings (SSSR count). The van der Waals surface area contributed by atoms with Crippen LogP contribution in [-0.2, 0) is 18.9 Å². The molecule has 1 saturated carbocycles. The summed E-state index contributed by atoms with van der Waals surface area (Å²) >= 11 is 0. The number of aryl methyl sites for hydroxylation is 1. The molecule has 0 bridgehead atoms. The van der Waals surface area contributed by atoms with Gasteiger partial charge in [0.25, 0.3) is 0 Å². The molecule has 7 heteroatoms. The Morgan fingerprint density at radius 3 is 2.69 bits per heavy atom. The van der Waals surface area contributed by atoms with Crippen LogP contribution in [0.25, 0.3) is 11.4 Å². The molecule has 1 aromatic carbocycles. The monoisotopic (exact) mass is 346 g/mol. The second-order valence-corrected chi connectivity index (χ2v) is 6.67. The zero-order valence-corrected chi connectivity index (χ0v) is 14.6. The molecule has 7 nitrogen and oxygen atoms in total. The Morgan fingerprint density at radius 2 is 2.04 bits per heavy atom. The molecule has 0 saturated heterocycles. The third kappa shape index (κ3) is 2.69. The number of ketones is 1. The highest BCUT2D eigenvalue weighted by Crippen LogP contribution is 2.49. The summed E-state index contributed by atoms with van der Waals surface area (Å²) < 4.78 is 3.47. The second-order valence-electron chi connectivity index (χ2n) is 6.67.